The fourth-order valence-corrected chi connectivity index (χ4v) is 7.30. The summed E-state index contributed by atoms with van der Waals surface area (Å²) in [5.41, 5.74) is 4.56. The Morgan fingerprint density at radius 1 is 0.448 bits per heavy atom. The van der Waals surface area contributed by atoms with Crippen LogP contribution in [-0.2, 0) is 0 Å². The maximum absolute atomic E-state index is 9.81. The fourth-order valence-electron chi connectivity index (χ4n) is 7.30. The highest BCUT2D eigenvalue weighted by atomic mass is 16.3. The fraction of sp³-hybridized carbons (Fsp3) is 0. The van der Waals surface area contributed by atoms with E-state index in [0.29, 0.717) is 49.9 Å². The third kappa shape index (κ3) is 5.87. The molecule has 2 heterocycles. The molecule has 0 aliphatic heterocycles. The molecule has 9 aromatic carbocycles. The predicted molar refractivity (Wildman–Crippen MR) is 241 cm³/mol. The van der Waals surface area contributed by atoms with E-state index in [-0.39, 0.29) is 16.5 Å². The number of rotatable bonds is 7. The Hall–Kier alpha value is -7.82. The van der Waals surface area contributed by atoms with E-state index in [4.69, 9.17) is 26.7 Å². The van der Waals surface area contributed by atoms with Gasteiger partial charge < -0.3 is 9.32 Å². The van der Waals surface area contributed by atoms with E-state index in [1.807, 2.05) is 84.9 Å². The van der Waals surface area contributed by atoms with Gasteiger partial charge >= 0.3 is 0 Å². The van der Waals surface area contributed by atoms with Crippen LogP contribution < -0.4 is 4.90 Å². The third-order valence-corrected chi connectivity index (χ3v) is 9.94. The van der Waals surface area contributed by atoms with Crippen molar-refractivity contribution in [3.05, 3.63) is 212 Å². The molecule has 4 nitrogen and oxygen atoms in total. The Labute approximate surface area is 357 Å². The van der Waals surface area contributed by atoms with Crippen LogP contribution in [0.15, 0.2) is 216 Å². The predicted octanol–water partition coefficient (Wildman–Crippen LogP) is 14.8. The van der Waals surface area contributed by atoms with Crippen LogP contribution in [0.4, 0.5) is 17.1 Å². The molecular formula is C54H35N3O. The number of para-hydroxylation sites is 5. The van der Waals surface area contributed by atoms with Crippen molar-refractivity contribution in [3.8, 4) is 44.8 Å². The normalized spacial score (nSPS) is 15.1. The highest BCUT2D eigenvalue weighted by molar-refractivity contribution is 6.17. The highest BCUT2D eigenvalue weighted by Gasteiger charge is 2.22. The number of aromatic nitrogens is 2. The molecule has 0 saturated carbocycles. The van der Waals surface area contributed by atoms with Gasteiger partial charge in [-0.3, -0.25) is 0 Å². The zero-order valence-electron chi connectivity index (χ0n) is 45.3. The zero-order valence-corrected chi connectivity index (χ0v) is 30.3. The van der Waals surface area contributed by atoms with Crippen LogP contribution in [0.5, 0.6) is 0 Å². The van der Waals surface area contributed by atoms with Crippen molar-refractivity contribution in [1.29, 1.82) is 0 Å². The molecule has 0 fully saturated rings. The molecule has 272 valence electrons. The van der Waals surface area contributed by atoms with Gasteiger partial charge in [0.15, 0.2) is 0 Å². The minimum absolute atomic E-state index is 0.124. The van der Waals surface area contributed by atoms with Crippen LogP contribution in [0.2, 0.25) is 0 Å². The summed E-state index contributed by atoms with van der Waals surface area (Å²) in [5, 5.41) is 0.189. The molecule has 0 N–H and O–H groups in total. The number of anilines is 3. The lowest BCUT2D eigenvalue weighted by Crippen LogP contribution is -2.09. The Bertz CT molecular complexity index is 4150. The molecule has 0 bridgehead atoms. The standard InChI is InChI=1S/C54H35N3O/c1-4-15-36(16-5-1)37-17-14-18-41(34-37)52-53(56-49-25-12-11-24-48(49)55-52)47-32-31-45(51-46-23-10-13-26-50(46)58-54(47)51)40-28-27-39-35-44(30-29-38(39)33-40)57(42-19-6-2-7-20-42)43-21-8-3-9-22-43/h1-35H/i2D,3D,6D,7D,8D,9D,19D,20D,21D,27D,28D,29D,30D,33D,35D. The number of benzene rings is 9. The van der Waals surface area contributed by atoms with Crippen molar-refractivity contribution in [2.24, 2.45) is 0 Å². The quantitative estimate of drug-likeness (QED) is 0.162. The number of nitrogens with zero attached hydrogens (tertiary/aromatic N) is 3. The Morgan fingerprint density at radius 2 is 1.12 bits per heavy atom. The zero-order chi connectivity index (χ0) is 51.5. The molecule has 2 aromatic heterocycles. The maximum atomic E-state index is 9.81. The van der Waals surface area contributed by atoms with Crippen molar-refractivity contribution >= 4 is 60.8 Å². The molecular weight excluding hydrogens is 707 g/mol. The van der Waals surface area contributed by atoms with Crippen LogP contribution in [0, 0.1) is 0 Å². The lowest BCUT2D eigenvalue weighted by atomic mass is 9.93. The minimum Gasteiger partial charge on any atom is -0.455 e. The Kier molecular flexibility index (Phi) is 5.20. The lowest BCUT2D eigenvalue weighted by Gasteiger charge is -2.25. The van der Waals surface area contributed by atoms with Crippen LogP contribution in [0.1, 0.15) is 20.6 Å². The molecule has 4 heteroatoms. The molecule has 0 unspecified atom stereocenters. The Balaban J connectivity index is 1.18. The second kappa shape index (κ2) is 14.0. The van der Waals surface area contributed by atoms with Crippen LogP contribution in [0.25, 0.3) is 88.5 Å². The number of hydrogen-bond donors (Lipinski definition) is 0. The molecule has 11 aromatic rings. The summed E-state index contributed by atoms with van der Waals surface area (Å²) in [6, 6.07) is 25.9. The summed E-state index contributed by atoms with van der Waals surface area (Å²) >= 11 is 0. The molecule has 58 heavy (non-hydrogen) atoms. The van der Waals surface area contributed by atoms with Gasteiger partial charge in [0.1, 0.15) is 16.9 Å². The summed E-state index contributed by atoms with van der Waals surface area (Å²) in [5.74, 6) is 0. The summed E-state index contributed by atoms with van der Waals surface area (Å²) < 4.78 is 141. The van der Waals surface area contributed by atoms with E-state index in [0.717, 1.165) is 27.7 Å². The van der Waals surface area contributed by atoms with Gasteiger partial charge in [-0.05, 0) is 106 Å². The maximum Gasteiger partial charge on any atom is 0.145 e. The van der Waals surface area contributed by atoms with Crippen LogP contribution in [0.3, 0.4) is 0 Å². The third-order valence-electron chi connectivity index (χ3n) is 9.94. The average molecular weight is 757 g/mol. The largest absolute Gasteiger partial charge is 0.455 e. The summed E-state index contributed by atoms with van der Waals surface area (Å²) in [4.78, 5) is 11.1. The van der Waals surface area contributed by atoms with E-state index in [2.05, 4.69) is 0 Å². The monoisotopic (exact) mass is 756 g/mol. The smallest absolute Gasteiger partial charge is 0.145 e. The summed E-state index contributed by atoms with van der Waals surface area (Å²) in [6.45, 7) is 0. The van der Waals surface area contributed by atoms with E-state index < -0.39 is 113 Å². The van der Waals surface area contributed by atoms with E-state index in [1.165, 1.54) is 0 Å². The van der Waals surface area contributed by atoms with Crippen molar-refractivity contribution in [3.63, 3.8) is 0 Å². The second-order valence-corrected chi connectivity index (χ2v) is 13.4. The molecule has 11 rings (SSSR count). The van der Waals surface area contributed by atoms with Gasteiger partial charge in [0, 0.05) is 39.0 Å². The molecule has 0 spiro atoms. The molecule has 0 radical (unpaired) electrons. The first kappa shape index (κ1) is 21.5. The summed E-state index contributed by atoms with van der Waals surface area (Å²) in [6.07, 6.45) is 0. The average Bonchev–Trinajstić information content (AvgIpc) is 3.81. The summed E-state index contributed by atoms with van der Waals surface area (Å²) in [7, 11) is 0. The lowest BCUT2D eigenvalue weighted by molar-refractivity contribution is 0.670. The van der Waals surface area contributed by atoms with Crippen molar-refractivity contribution in [1.82, 2.24) is 9.97 Å². The number of hydrogen-bond acceptors (Lipinski definition) is 4. The molecule has 0 aliphatic rings. The van der Waals surface area contributed by atoms with Crippen molar-refractivity contribution in [2.75, 3.05) is 4.90 Å². The van der Waals surface area contributed by atoms with E-state index in [9.17, 15) is 8.22 Å². The van der Waals surface area contributed by atoms with Gasteiger partial charge in [-0.1, -0.05) is 139 Å². The molecule has 0 saturated heterocycles. The second-order valence-electron chi connectivity index (χ2n) is 13.4. The number of fused-ring (bicyclic) bond motifs is 5. The van der Waals surface area contributed by atoms with Gasteiger partial charge in [0.25, 0.3) is 0 Å². The molecule has 0 atom stereocenters. The highest BCUT2D eigenvalue weighted by Crippen LogP contribution is 2.45. The van der Waals surface area contributed by atoms with Crippen molar-refractivity contribution < 1.29 is 25.0 Å². The van der Waals surface area contributed by atoms with Gasteiger partial charge in [0.05, 0.1) is 37.3 Å². The number of furan rings is 1. The van der Waals surface area contributed by atoms with Crippen molar-refractivity contribution in [2.45, 2.75) is 0 Å². The molecule has 0 amide bonds. The first-order valence-electron chi connectivity index (χ1n) is 25.8. The first-order chi connectivity index (χ1) is 35.0. The SMILES string of the molecule is [2H]c1cc(N(c2c([2H])c([2H])c([2H])c([2H])c2[2H])c2c([2H])c([2H])c3c([2H])c(-c4ccc(-c5nc6ccccc6nc5-c5cccc(-c6ccccc6)c5)c5oc6ccccc6c45)c([2H])c([2H])c3c2[2H])c([2H])c([2H])c1[2H]. The van der Waals surface area contributed by atoms with Gasteiger partial charge in [-0.15, -0.1) is 0 Å². The minimum atomic E-state index is -0.852. The first-order valence-corrected chi connectivity index (χ1v) is 18.3. The topological polar surface area (TPSA) is 42.2 Å². The molecule has 0 aliphatic carbocycles. The van der Waals surface area contributed by atoms with Crippen LogP contribution >= 0.6 is 0 Å². The van der Waals surface area contributed by atoms with Gasteiger partial charge in [-0.2, -0.15) is 0 Å². The van der Waals surface area contributed by atoms with E-state index >= 15 is 0 Å². The Morgan fingerprint density at radius 3 is 1.98 bits per heavy atom. The van der Waals surface area contributed by atoms with Gasteiger partial charge in [0.2, 0.25) is 0 Å². The van der Waals surface area contributed by atoms with Crippen LogP contribution in [-0.4, -0.2) is 9.97 Å². The van der Waals surface area contributed by atoms with Gasteiger partial charge in [-0.25, -0.2) is 9.97 Å². The van der Waals surface area contributed by atoms with E-state index in [1.54, 1.807) is 30.3 Å².